The fourth-order valence-electron chi connectivity index (χ4n) is 2.76. The number of anilines is 2. The van der Waals surface area contributed by atoms with Crippen LogP contribution in [0.25, 0.3) is 0 Å². The van der Waals surface area contributed by atoms with E-state index >= 15 is 0 Å². The number of thiocarbonyl (C=S) groups is 1. The summed E-state index contributed by atoms with van der Waals surface area (Å²) in [6.07, 6.45) is 0. The summed E-state index contributed by atoms with van der Waals surface area (Å²) in [7, 11) is 0. The standard InChI is InChI=1S/C19H18FN5O2S/c1-12-18(13(2)24(23-12)11-14-5-3-4-6-17(14)20)22-19(28)21-15-7-9-16(10-8-15)25(26)27/h3-10H,11H2,1-2H3,(H2,21,22,28). The third-order valence-corrected chi connectivity index (χ3v) is 4.44. The number of nitrogens with one attached hydrogen (secondary N) is 2. The topological polar surface area (TPSA) is 85.0 Å². The van der Waals surface area contributed by atoms with Gasteiger partial charge < -0.3 is 10.6 Å². The third-order valence-electron chi connectivity index (χ3n) is 4.23. The van der Waals surface area contributed by atoms with E-state index in [0.29, 0.717) is 22.9 Å². The Morgan fingerprint density at radius 3 is 2.50 bits per heavy atom. The molecule has 144 valence electrons. The van der Waals surface area contributed by atoms with Crippen LogP contribution in [-0.2, 0) is 6.54 Å². The van der Waals surface area contributed by atoms with Gasteiger partial charge in [0, 0.05) is 23.4 Å². The molecular formula is C19H18FN5O2S. The first kappa shape index (κ1) is 19.4. The van der Waals surface area contributed by atoms with Crippen molar-refractivity contribution in [1.29, 1.82) is 0 Å². The van der Waals surface area contributed by atoms with Crippen molar-refractivity contribution in [3.63, 3.8) is 0 Å². The summed E-state index contributed by atoms with van der Waals surface area (Å²) < 4.78 is 15.6. The number of halogens is 1. The minimum atomic E-state index is -0.461. The van der Waals surface area contributed by atoms with Gasteiger partial charge in [-0.3, -0.25) is 14.8 Å². The van der Waals surface area contributed by atoms with Gasteiger partial charge in [-0.25, -0.2) is 4.39 Å². The molecule has 0 saturated heterocycles. The maximum absolute atomic E-state index is 13.9. The Morgan fingerprint density at radius 1 is 1.18 bits per heavy atom. The van der Waals surface area contributed by atoms with Crippen molar-refractivity contribution in [2.75, 3.05) is 10.6 Å². The number of hydrogen-bond acceptors (Lipinski definition) is 4. The van der Waals surface area contributed by atoms with Crippen LogP contribution in [0.2, 0.25) is 0 Å². The first-order valence-electron chi connectivity index (χ1n) is 8.45. The highest BCUT2D eigenvalue weighted by Gasteiger charge is 2.14. The molecule has 2 aromatic carbocycles. The number of hydrogen-bond donors (Lipinski definition) is 2. The van der Waals surface area contributed by atoms with E-state index in [4.69, 9.17) is 12.2 Å². The molecule has 0 aliphatic rings. The second-order valence-corrected chi connectivity index (χ2v) is 6.59. The molecule has 0 aliphatic carbocycles. The number of aromatic nitrogens is 2. The minimum Gasteiger partial charge on any atom is -0.332 e. The molecule has 3 rings (SSSR count). The van der Waals surface area contributed by atoms with E-state index in [1.807, 2.05) is 13.8 Å². The van der Waals surface area contributed by atoms with Gasteiger partial charge in [-0.2, -0.15) is 5.10 Å². The summed E-state index contributed by atoms with van der Waals surface area (Å²) in [5.74, 6) is -0.278. The van der Waals surface area contributed by atoms with Gasteiger partial charge in [0.15, 0.2) is 5.11 Å². The first-order chi connectivity index (χ1) is 13.3. The van der Waals surface area contributed by atoms with E-state index in [2.05, 4.69) is 15.7 Å². The molecule has 3 aromatic rings. The molecule has 0 spiro atoms. The summed E-state index contributed by atoms with van der Waals surface area (Å²) in [5, 5.41) is 21.6. The number of nitro groups is 1. The smallest absolute Gasteiger partial charge is 0.269 e. The maximum atomic E-state index is 13.9. The number of nitrogens with zero attached hydrogens (tertiary/aromatic N) is 3. The van der Waals surface area contributed by atoms with Crippen LogP contribution in [0, 0.1) is 29.8 Å². The van der Waals surface area contributed by atoms with Crippen molar-refractivity contribution in [1.82, 2.24) is 9.78 Å². The Kier molecular flexibility index (Phi) is 5.65. The molecule has 0 atom stereocenters. The quantitative estimate of drug-likeness (QED) is 0.376. The van der Waals surface area contributed by atoms with Crippen molar-refractivity contribution in [3.05, 3.63) is 81.4 Å². The van der Waals surface area contributed by atoms with Crippen LogP contribution in [0.4, 0.5) is 21.5 Å². The Morgan fingerprint density at radius 2 is 1.86 bits per heavy atom. The summed E-state index contributed by atoms with van der Waals surface area (Å²) in [6.45, 7) is 4.02. The van der Waals surface area contributed by atoms with E-state index < -0.39 is 4.92 Å². The second-order valence-electron chi connectivity index (χ2n) is 6.18. The highest BCUT2D eigenvalue weighted by Crippen LogP contribution is 2.22. The SMILES string of the molecule is Cc1nn(Cc2ccccc2F)c(C)c1NC(=S)Nc1ccc([N+](=O)[O-])cc1. The summed E-state index contributed by atoms with van der Waals surface area (Å²) in [5.41, 5.74) is 3.44. The Labute approximate surface area is 166 Å². The lowest BCUT2D eigenvalue weighted by Gasteiger charge is -2.11. The Bertz CT molecular complexity index is 1030. The predicted octanol–water partition coefficient (Wildman–Crippen LogP) is 4.40. The van der Waals surface area contributed by atoms with E-state index in [1.54, 1.807) is 35.0 Å². The number of non-ortho nitro benzene ring substituents is 1. The highest BCUT2D eigenvalue weighted by atomic mass is 32.1. The van der Waals surface area contributed by atoms with Gasteiger partial charge in [-0.05, 0) is 44.3 Å². The van der Waals surface area contributed by atoms with Crippen molar-refractivity contribution >= 4 is 34.4 Å². The van der Waals surface area contributed by atoms with Gasteiger partial charge in [0.05, 0.1) is 28.5 Å². The fraction of sp³-hybridized carbons (Fsp3) is 0.158. The number of aryl methyl sites for hydroxylation is 1. The molecule has 0 bridgehead atoms. The van der Waals surface area contributed by atoms with E-state index in [1.165, 1.54) is 18.2 Å². The minimum absolute atomic E-state index is 0.00513. The van der Waals surface area contributed by atoms with Crippen molar-refractivity contribution < 1.29 is 9.31 Å². The number of benzene rings is 2. The molecular weight excluding hydrogens is 381 g/mol. The average Bonchev–Trinajstić information content (AvgIpc) is 2.91. The molecule has 1 aromatic heterocycles. The Balaban J connectivity index is 1.72. The molecule has 0 unspecified atom stereocenters. The van der Waals surface area contributed by atoms with Gasteiger partial charge >= 0.3 is 0 Å². The second kappa shape index (κ2) is 8.13. The Hall–Kier alpha value is -3.33. The largest absolute Gasteiger partial charge is 0.332 e. The molecule has 0 fully saturated rings. The zero-order valence-electron chi connectivity index (χ0n) is 15.3. The van der Waals surface area contributed by atoms with Crippen LogP contribution in [0.15, 0.2) is 48.5 Å². The first-order valence-corrected chi connectivity index (χ1v) is 8.86. The molecule has 0 saturated carbocycles. The molecule has 0 radical (unpaired) electrons. The van der Waals surface area contributed by atoms with Crippen LogP contribution in [0.5, 0.6) is 0 Å². The van der Waals surface area contributed by atoms with Gasteiger partial charge in [0.1, 0.15) is 5.82 Å². The van der Waals surface area contributed by atoms with Crippen molar-refractivity contribution in [3.8, 4) is 0 Å². The van der Waals surface area contributed by atoms with Gasteiger partial charge in [-0.1, -0.05) is 18.2 Å². The predicted molar refractivity (Wildman–Crippen MR) is 110 cm³/mol. The fourth-order valence-corrected chi connectivity index (χ4v) is 2.98. The maximum Gasteiger partial charge on any atom is 0.269 e. The van der Waals surface area contributed by atoms with E-state index in [-0.39, 0.29) is 11.5 Å². The van der Waals surface area contributed by atoms with Crippen LogP contribution in [-0.4, -0.2) is 19.8 Å². The molecule has 1 heterocycles. The van der Waals surface area contributed by atoms with Crippen LogP contribution in [0.3, 0.4) is 0 Å². The highest BCUT2D eigenvalue weighted by molar-refractivity contribution is 7.80. The van der Waals surface area contributed by atoms with Crippen LogP contribution < -0.4 is 10.6 Å². The van der Waals surface area contributed by atoms with E-state index in [9.17, 15) is 14.5 Å². The third kappa shape index (κ3) is 4.32. The summed E-state index contributed by atoms with van der Waals surface area (Å²) in [6, 6.07) is 12.5. The number of rotatable bonds is 5. The molecule has 9 heteroatoms. The monoisotopic (exact) mass is 399 g/mol. The average molecular weight is 399 g/mol. The van der Waals surface area contributed by atoms with Crippen LogP contribution >= 0.6 is 12.2 Å². The van der Waals surface area contributed by atoms with Crippen LogP contribution in [0.1, 0.15) is 17.0 Å². The number of nitro benzene ring substituents is 1. The summed E-state index contributed by atoms with van der Waals surface area (Å²) >= 11 is 5.33. The van der Waals surface area contributed by atoms with Gasteiger partial charge in [0.2, 0.25) is 0 Å². The molecule has 28 heavy (non-hydrogen) atoms. The lowest BCUT2D eigenvalue weighted by Crippen LogP contribution is -2.20. The van der Waals surface area contributed by atoms with Gasteiger partial charge in [0.25, 0.3) is 5.69 Å². The van der Waals surface area contributed by atoms with Crippen molar-refractivity contribution in [2.45, 2.75) is 20.4 Å². The molecule has 0 aliphatic heterocycles. The molecule has 0 amide bonds. The van der Waals surface area contributed by atoms with E-state index in [0.717, 1.165) is 17.1 Å². The molecule has 2 N–H and O–H groups in total. The zero-order chi connectivity index (χ0) is 20.3. The van der Waals surface area contributed by atoms with Crippen molar-refractivity contribution in [2.24, 2.45) is 0 Å². The lowest BCUT2D eigenvalue weighted by molar-refractivity contribution is -0.384. The summed E-state index contributed by atoms with van der Waals surface area (Å²) in [4.78, 5) is 10.3. The lowest BCUT2D eigenvalue weighted by atomic mass is 10.2. The normalized spacial score (nSPS) is 10.5. The van der Waals surface area contributed by atoms with Gasteiger partial charge in [-0.15, -0.1) is 0 Å². The molecule has 7 nitrogen and oxygen atoms in total. The zero-order valence-corrected chi connectivity index (χ0v) is 16.1.